The van der Waals surface area contributed by atoms with Gasteiger partial charge in [-0.1, -0.05) is 13.8 Å². The van der Waals surface area contributed by atoms with Crippen LogP contribution in [0.3, 0.4) is 0 Å². The van der Waals surface area contributed by atoms with Crippen molar-refractivity contribution in [3.63, 3.8) is 0 Å². The van der Waals surface area contributed by atoms with Gasteiger partial charge in [-0.25, -0.2) is 0 Å². The molecule has 90 valence electrons. The molecule has 0 bridgehead atoms. The Balaban J connectivity index is 2.07. The molecule has 1 saturated heterocycles. The Morgan fingerprint density at radius 3 is 2.73 bits per heavy atom. The van der Waals surface area contributed by atoms with Crippen LogP contribution in [-0.2, 0) is 9.47 Å². The lowest BCUT2D eigenvalue weighted by Crippen LogP contribution is -2.25. The largest absolute Gasteiger partial charge is 0.381 e. The van der Waals surface area contributed by atoms with E-state index in [1.165, 1.54) is 0 Å². The minimum Gasteiger partial charge on any atom is -0.381 e. The van der Waals surface area contributed by atoms with E-state index >= 15 is 0 Å². The minimum absolute atomic E-state index is 0.194. The number of ether oxygens (including phenoxy) is 2. The van der Waals surface area contributed by atoms with E-state index in [1.54, 1.807) is 0 Å². The zero-order chi connectivity index (χ0) is 11.1. The molecule has 1 unspecified atom stereocenters. The highest BCUT2D eigenvalue weighted by Gasteiger charge is 2.33. The third kappa shape index (κ3) is 4.71. The molecular weight excluding hydrogens is 212 g/mol. The highest BCUT2D eigenvalue weighted by Crippen LogP contribution is 2.33. The smallest absolute Gasteiger partial charge is 0.0535 e. The van der Waals surface area contributed by atoms with Gasteiger partial charge in [0.05, 0.1) is 6.61 Å². The number of halogens is 1. The molecule has 1 atom stereocenters. The van der Waals surface area contributed by atoms with Crippen molar-refractivity contribution in [3.05, 3.63) is 0 Å². The summed E-state index contributed by atoms with van der Waals surface area (Å²) in [5.74, 6) is 1.42. The second kappa shape index (κ2) is 6.72. The highest BCUT2D eigenvalue weighted by molar-refractivity contribution is 6.18. The van der Waals surface area contributed by atoms with Crippen molar-refractivity contribution in [1.82, 2.24) is 0 Å². The predicted molar refractivity (Wildman–Crippen MR) is 63.5 cm³/mol. The standard InChI is InChI=1S/C12H23ClO2/c1-11(2)3-6-14-7-4-12(9-13)5-8-15-10-12/h11H,3-10H2,1-2H3. The summed E-state index contributed by atoms with van der Waals surface area (Å²) in [5.41, 5.74) is 0.194. The van der Waals surface area contributed by atoms with Gasteiger partial charge in [-0.3, -0.25) is 0 Å². The molecule has 1 heterocycles. The molecular formula is C12H23ClO2. The van der Waals surface area contributed by atoms with Crippen LogP contribution in [0.2, 0.25) is 0 Å². The third-order valence-corrected chi connectivity index (χ3v) is 3.65. The Bertz CT molecular complexity index is 165. The number of hydrogen-bond acceptors (Lipinski definition) is 2. The van der Waals surface area contributed by atoms with Crippen LogP contribution in [-0.4, -0.2) is 32.3 Å². The second-order valence-corrected chi connectivity index (χ2v) is 5.25. The first-order valence-electron chi connectivity index (χ1n) is 5.90. The Labute approximate surface area is 98.3 Å². The van der Waals surface area contributed by atoms with Gasteiger partial charge in [0, 0.05) is 31.1 Å². The second-order valence-electron chi connectivity index (χ2n) is 4.98. The van der Waals surface area contributed by atoms with Crippen molar-refractivity contribution in [3.8, 4) is 0 Å². The van der Waals surface area contributed by atoms with Gasteiger partial charge < -0.3 is 9.47 Å². The van der Waals surface area contributed by atoms with Crippen LogP contribution in [0.15, 0.2) is 0 Å². The van der Waals surface area contributed by atoms with Crippen molar-refractivity contribution in [2.45, 2.75) is 33.1 Å². The fourth-order valence-corrected chi connectivity index (χ4v) is 2.07. The summed E-state index contributed by atoms with van der Waals surface area (Å²) < 4.78 is 11.0. The van der Waals surface area contributed by atoms with Crippen molar-refractivity contribution < 1.29 is 9.47 Å². The minimum atomic E-state index is 0.194. The Kier molecular flexibility index (Phi) is 5.95. The molecule has 0 aromatic heterocycles. The zero-order valence-corrected chi connectivity index (χ0v) is 10.7. The molecule has 0 radical (unpaired) electrons. The van der Waals surface area contributed by atoms with Crippen LogP contribution in [0.4, 0.5) is 0 Å². The third-order valence-electron chi connectivity index (χ3n) is 3.08. The molecule has 1 fully saturated rings. The van der Waals surface area contributed by atoms with Crippen LogP contribution >= 0.6 is 11.6 Å². The Morgan fingerprint density at radius 2 is 2.20 bits per heavy atom. The molecule has 0 N–H and O–H groups in total. The van der Waals surface area contributed by atoms with Gasteiger partial charge in [-0.05, 0) is 25.2 Å². The molecule has 0 saturated carbocycles. The van der Waals surface area contributed by atoms with Crippen LogP contribution < -0.4 is 0 Å². The summed E-state index contributed by atoms with van der Waals surface area (Å²) in [6.45, 7) is 7.80. The lowest BCUT2D eigenvalue weighted by Gasteiger charge is -2.24. The molecule has 0 aromatic carbocycles. The van der Waals surface area contributed by atoms with Crippen LogP contribution in [0, 0.1) is 11.3 Å². The first-order chi connectivity index (χ1) is 7.18. The Morgan fingerprint density at radius 1 is 1.40 bits per heavy atom. The monoisotopic (exact) mass is 234 g/mol. The molecule has 3 heteroatoms. The van der Waals surface area contributed by atoms with Crippen molar-refractivity contribution in [1.29, 1.82) is 0 Å². The zero-order valence-electron chi connectivity index (χ0n) is 9.93. The SMILES string of the molecule is CC(C)CCOCCC1(CCl)CCOC1. The fourth-order valence-electron chi connectivity index (χ4n) is 1.73. The number of alkyl halides is 1. The van der Waals surface area contributed by atoms with Crippen molar-refractivity contribution >= 4 is 11.6 Å². The van der Waals surface area contributed by atoms with E-state index in [-0.39, 0.29) is 5.41 Å². The molecule has 1 aliphatic rings. The van der Waals surface area contributed by atoms with Crippen molar-refractivity contribution in [2.24, 2.45) is 11.3 Å². The molecule has 0 spiro atoms. The predicted octanol–water partition coefficient (Wildman–Crippen LogP) is 3.08. The highest BCUT2D eigenvalue weighted by atomic mass is 35.5. The first kappa shape index (κ1) is 13.3. The first-order valence-corrected chi connectivity index (χ1v) is 6.43. The van der Waals surface area contributed by atoms with E-state index < -0.39 is 0 Å². The van der Waals surface area contributed by atoms with Gasteiger partial charge in [-0.15, -0.1) is 11.6 Å². The van der Waals surface area contributed by atoms with Gasteiger partial charge in [0.2, 0.25) is 0 Å². The van der Waals surface area contributed by atoms with Crippen LogP contribution in [0.5, 0.6) is 0 Å². The molecule has 0 aromatic rings. The summed E-state index contributed by atoms with van der Waals surface area (Å²) in [4.78, 5) is 0. The maximum Gasteiger partial charge on any atom is 0.0535 e. The lowest BCUT2D eigenvalue weighted by molar-refractivity contribution is 0.0835. The van der Waals surface area contributed by atoms with E-state index in [0.29, 0.717) is 5.88 Å². The summed E-state index contributed by atoms with van der Waals surface area (Å²) in [6.07, 6.45) is 3.27. The van der Waals surface area contributed by atoms with Gasteiger partial charge in [0.25, 0.3) is 0 Å². The number of rotatable bonds is 7. The van der Waals surface area contributed by atoms with E-state index in [0.717, 1.165) is 51.6 Å². The summed E-state index contributed by atoms with van der Waals surface area (Å²) in [5, 5.41) is 0. The summed E-state index contributed by atoms with van der Waals surface area (Å²) in [7, 11) is 0. The van der Waals surface area contributed by atoms with Crippen LogP contribution in [0.1, 0.15) is 33.1 Å². The molecule has 0 aliphatic carbocycles. The van der Waals surface area contributed by atoms with E-state index in [9.17, 15) is 0 Å². The topological polar surface area (TPSA) is 18.5 Å². The van der Waals surface area contributed by atoms with E-state index in [1.807, 2.05) is 0 Å². The van der Waals surface area contributed by atoms with Gasteiger partial charge in [-0.2, -0.15) is 0 Å². The molecule has 2 nitrogen and oxygen atoms in total. The van der Waals surface area contributed by atoms with E-state index in [2.05, 4.69) is 13.8 Å². The van der Waals surface area contributed by atoms with Gasteiger partial charge >= 0.3 is 0 Å². The average molecular weight is 235 g/mol. The maximum absolute atomic E-state index is 5.99. The summed E-state index contributed by atoms with van der Waals surface area (Å²) >= 11 is 5.99. The quantitative estimate of drug-likeness (QED) is 0.498. The molecule has 1 aliphatic heterocycles. The Hall–Kier alpha value is 0.210. The molecule has 0 amide bonds. The van der Waals surface area contributed by atoms with E-state index in [4.69, 9.17) is 21.1 Å². The molecule has 1 rings (SSSR count). The van der Waals surface area contributed by atoms with Gasteiger partial charge in [0.15, 0.2) is 0 Å². The van der Waals surface area contributed by atoms with Crippen molar-refractivity contribution in [2.75, 3.05) is 32.3 Å². The average Bonchev–Trinajstić information content (AvgIpc) is 2.66. The maximum atomic E-state index is 5.99. The fraction of sp³-hybridized carbons (Fsp3) is 1.00. The normalized spacial score (nSPS) is 26.4. The summed E-state index contributed by atoms with van der Waals surface area (Å²) in [6, 6.07) is 0. The molecule has 15 heavy (non-hydrogen) atoms. The van der Waals surface area contributed by atoms with Gasteiger partial charge in [0.1, 0.15) is 0 Å². The van der Waals surface area contributed by atoms with Crippen LogP contribution in [0.25, 0.3) is 0 Å². The lowest BCUT2D eigenvalue weighted by atomic mass is 9.86. The number of hydrogen-bond donors (Lipinski definition) is 0.